The van der Waals surface area contributed by atoms with E-state index in [4.69, 9.17) is 9.47 Å². The summed E-state index contributed by atoms with van der Waals surface area (Å²) in [6, 6.07) is 3.90. The Kier molecular flexibility index (Phi) is 8.66. The summed E-state index contributed by atoms with van der Waals surface area (Å²) in [6.07, 6.45) is 13.9. The van der Waals surface area contributed by atoms with Crippen molar-refractivity contribution >= 4 is 5.78 Å². The van der Waals surface area contributed by atoms with Gasteiger partial charge in [0.25, 0.3) is 0 Å². The number of ether oxygens (including phenoxy) is 2. The quantitative estimate of drug-likeness (QED) is 0.295. The van der Waals surface area contributed by atoms with E-state index >= 15 is 0 Å². The number of rotatable bonds is 12. The molecule has 152 valence electrons. The van der Waals surface area contributed by atoms with Crippen molar-refractivity contribution in [3.63, 3.8) is 0 Å². The van der Waals surface area contributed by atoms with E-state index in [-0.39, 0.29) is 11.4 Å². The molecule has 1 aliphatic heterocycles. The number of methoxy groups -OCH3 is 1. The minimum Gasteiger partial charge on any atom is -0.496 e. The number of carbonyl (C=O) groups is 1. The molecule has 0 spiro atoms. The Hall–Kier alpha value is -1.51. The van der Waals surface area contributed by atoms with Crippen LogP contribution in [0.2, 0.25) is 0 Å². The van der Waals surface area contributed by atoms with Gasteiger partial charge < -0.3 is 9.47 Å². The van der Waals surface area contributed by atoms with Gasteiger partial charge in [0.05, 0.1) is 12.7 Å². The lowest BCUT2D eigenvalue weighted by Crippen LogP contribution is -2.32. The van der Waals surface area contributed by atoms with E-state index in [9.17, 15) is 4.79 Å². The third-order valence-electron chi connectivity index (χ3n) is 5.57. The van der Waals surface area contributed by atoms with Crippen LogP contribution in [0.5, 0.6) is 11.5 Å². The first-order chi connectivity index (χ1) is 13.0. The molecule has 27 heavy (non-hydrogen) atoms. The van der Waals surface area contributed by atoms with Crippen LogP contribution in [-0.2, 0) is 6.42 Å². The molecule has 1 aliphatic rings. The van der Waals surface area contributed by atoms with Gasteiger partial charge >= 0.3 is 0 Å². The first-order valence-electron chi connectivity index (χ1n) is 10.9. The molecule has 0 saturated carbocycles. The van der Waals surface area contributed by atoms with Crippen LogP contribution in [0.1, 0.15) is 107 Å². The monoisotopic (exact) mass is 374 g/mol. The highest BCUT2D eigenvalue weighted by atomic mass is 16.5. The number of hydrogen-bond acceptors (Lipinski definition) is 3. The fourth-order valence-corrected chi connectivity index (χ4v) is 3.80. The van der Waals surface area contributed by atoms with Gasteiger partial charge in [-0.05, 0) is 44.7 Å². The number of aryl methyl sites for hydroxylation is 1. The molecule has 2 rings (SSSR count). The average molecular weight is 375 g/mol. The van der Waals surface area contributed by atoms with Crippen LogP contribution in [-0.4, -0.2) is 18.5 Å². The molecule has 0 atom stereocenters. The second-order valence-corrected chi connectivity index (χ2v) is 8.52. The summed E-state index contributed by atoms with van der Waals surface area (Å²) in [5, 5.41) is 0. The van der Waals surface area contributed by atoms with Crippen LogP contribution >= 0.6 is 0 Å². The summed E-state index contributed by atoms with van der Waals surface area (Å²) in [4.78, 5) is 12.7. The Morgan fingerprint density at radius 3 is 2.30 bits per heavy atom. The molecule has 0 unspecified atom stereocenters. The molecule has 0 aliphatic carbocycles. The lowest BCUT2D eigenvalue weighted by molar-refractivity contribution is 0.0841. The number of fused-ring (bicyclic) bond motifs is 1. The van der Waals surface area contributed by atoms with E-state index in [2.05, 4.69) is 20.8 Å². The standard InChI is InChI=1S/C24H38O3/c1-5-6-7-8-9-10-11-12-13-14-21(25)20-17-19-15-16-24(2,3)27-22(19)18-23(20)26-4/h17-18H,5-16H2,1-4H3. The lowest BCUT2D eigenvalue weighted by Gasteiger charge is -2.33. The molecule has 3 nitrogen and oxygen atoms in total. The lowest BCUT2D eigenvalue weighted by atomic mass is 9.91. The van der Waals surface area contributed by atoms with Crippen molar-refractivity contribution in [2.45, 2.75) is 103 Å². The van der Waals surface area contributed by atoms with Gasteiger partial charge in [-0.1, -0.05) is 58.3 Å². The SMILES string of the molecule is CCCCCCCCCCCC(=O)c1cc2c(cc1OC)OC(C)(C)CC2. The Balaban J connectivity index is 1.80. The highest BCUT2D eigenvalue weighted by Crippen LogP contribution is 2.38. The fourth-order valence-electron chi connectivity index (χ4n) is 3.80. The van der Waals surface area contributed by atoms with Gasteiger partial charge in [-0.2, -0.15) is 0 Å². The Morgan fingerprint density at radius 1 is 1.04 bits per heavy atom. The summed E-state index contributed by atoms with van der Waals surface area (Å²) in [5.74, 6) is 1.71. The van der Waals surface area contributed by atoms with Crippen molar-refractivity contribution in [2.75, 3.05) is 7.11 Å². The van der Waals surface area contributed by atoms with Gasteiger partial charge in [0.1, 0.15) is 17.1 Å². The Morgan fingerprint density at radius 2 is 1.67 bits per heavy atom. The largest absolute Gasteiger partial charge is 0.496 e. The molecule has 0 amide bonds. The van der Waals surface area contributed by atoms with Crippen molar-refractivity contribution in [3.8, 4) is 11.5 Å². The van der Waals surface area contributed by atoms with Crippen LogP contribution in [0.3, 0.4) is 0 Å². The maximum absolute atomic E-state index is 12.7. The smallest absolute Gasteiger partial charge is 0.166 e. The number of unbranched alkanes of at least 4 members (excludes halogenated alkanes) is 8. The zero-order chi connectivity index (χ0) is 19.7. The predicted molar refractivity (Wildman–Crippen MR) is 112 cm³/mol. The minimum atomic E-state index is -0.153. The highest BCUT2D eigenvalue weighted by molar-refractivity contribution is 5.99. The zero-order valence-corrected chi connectivity index (χ0v) is 17.9. The van der Waals surface area contributed by atoms with Crippen LogP contribution in [0.15, 0.2) is 12.1 Å². The van der Waals surface area contributed by atoms with Gasteiger partial charge in [-0.3, -0.25) is 4.79 Å². The first-order valence-corrected chi connectivity index (χ1v) is 10.9. The molecule has 0 radical (unpaired) electrons. The third-order valence-corrected chi connectivity index (χ3v) is 5.57. The first kappa shape index (κ1) is 21.8. The summed E-state index contributed by atoms with van der Waals surface area (Å²) in [7, 11) is 1.63. The molecule has 1 aromatic rings. The molecule has 0 saturated heterocycles. The van der Waals surface area contributed by atoms with Gasteiger partial charge in [0, 0.05) is 12.5 Å². The fraction of sp³-hybridized carbons (Fsp3) is 0.708. The van der Waals surface area contributed by atoms with Gasteiger partial charge in [-0.25, -0.2) is 0 Å². The van der Waals surface area contributed by atoms with Crippen molar-refractivity contribution in [3.05, 3.63) is 23.3 Å². The third kappa shape index (κ3) is 6.86. The molecular weight excluding hydrogens is 336 g/mol. The van der Waals surface area contributed by atoms with E-state index < -0.39 is 0 Å². The highest BCUT2D eigenvalue weighted by Gasteiger charge is 2.28. The molecule has 1 aromatic carbocycles. The Labute approximate surface area is 165 Å². The summed E-state index contributed by atoms with van der Waals surface area (Å²) >= 11 is 0. The van der Waals surface area contributed by atoms with Crippen molar-refractivity contribution in [2.24, 2.45) is 0 Å². The second-order valence-electron chi connectivity index (χ2n) is 8.52. The normalized spacial score (nSPS) is 15.1. The van der Waals surface area contributed by atoms with E-state index in [0.717, 1.165) is 42.6 Å². The topological polar surface area (TPSA) is 35.5 Å². The minimum absolute atomic E-state index is 0.153. The predicted octanol–water partition coefficient (Wildman–Crippen LogP) is 6.90. The summed E-state index contributed by atoms with van der Waals surface area (Å²) < 4.78 is 11.6. The van der Waals surface area contributed by atoms with Crippen molar-refractivity contribution in [1.82, 2.24) is 0 Å². The zero-order valence-electron chi connectivity index (χ0n) is 17.9. The number of ketones is 1. The average Bonchev–Trinajstić information content (AvgIpc) is 2.64. The number of hydrogen-bond donors (Lipinski definition) is 0. The van der Waals surface area contributed by atoms with Crippen LogP contribution in [0.4, 0.5) is 0 Å². The summed E-state index contributed by atoms with van der Waals surface area (Å²) in [6.45, 7) is 6.46. The second kappa shape index (κ2) is 10.7. The van der Waals surface area contributed by atoms with Crippen molar-refractivity contribution < 1.29 is 14.3 Å². The maximum atomic E-state index is 12.7. The molecular formula is C24H38O3. The van der Waals surface area contributed by atoms with Crippen LogP contribution in [0, 0.1) is 0 Å². The molecule has 1 heterocycles. The number of benzene rings is 1. The number of carbonyl (C=O) groups excluding carboxylic acids is 1. The Bertz CT molecular complexity index is 604. The molecule has 3 heteroatoms. The van der Waals surface area contributed by atoms with E-state index in [1.54, 1.807) is 7.11 Å². The maximum Gasteiger partial charge on any atom is 0.166 e. The molecule has 0 aromatic heterocycles. The van der Waals surface area contributed by atoms with Crippen LogP contribution < -0.4 is 9.47 Å². The van der Waals surface area contributed by atoms with E-state index in [0.29, 0.717) is 12.2 Å². The molecule has 0 fully saturated rings. The van der Waals surface area contributed by atoms with Crippen LogP contribution in [0.25, 0.3) is 0 Å². The summed E-state index contributed by atoms with van der Waals surface area (Å²) in [5.41, 5.74) is 1.70. The van der Waals surface area contributed by atoms with E-state index in [1.165, 1.54) is 44.9 Å². The van der Waals surface area contributed by atoms with Crippen molar-refractivity contribution in [1.29, 1.82) is 0 Å². The molecule has 0 N–H and O–H groups in total. The van der Waals surface area contributed by atoms with Gasteiger partial charge in [0.15, 0.2) is 5.78 Å². The van der Waals surface area contributed by atoms with Gasteiger partial charge in [0.2, 0.25) is 0 Å². The number of Topliss-reactive ketones (excluding diaryl/α,β-unsaturated/α-hetero) is 1. The molecule has 0 bridgehead atoms. The van der Waals surface area contributed by atoms with Gasteiger partial charge in [-0.15, -0.1) is 0 Å². The van der Waals surface area contributed by atoms with E-state index in [1.807, 2.05) is 12.1 Å².